The molecule has 0 radical (unpaired) electrons. The summed E-state index contributed by atoms with van der Waals surface area (Å²) >= 11 is 1.31. The number of carboxylic acids is 1. The second kappa shape index (κ2) is 11.1. The Hall–Kier alpha value is -3.35. The summed E-state index contributed by atoms with van der Waals surface area (Å²) in [6, 6.07) is 1.53. The SMILES string of the molecule is CCOCC(COCC)NC(=O)C1CN(c2cc(C)c3c(=O)c(C(=O)O)cn(-c4nccs4)c3n2)C1. The number of aromatic nitrogens is 3. The molecule has 4 heterocycles. The molecule has 0 atom stereocenters. The number of anilines is 1. The number of thiazole rings is 1. The van der Waals surface area contributed by atoms with Gasteiger partial charge in [0.25, 0.3) is 0 Å². The first-order valence-electron chi connectivity index (χ1n) is 11.7. The summed E-state index contributed by atoms with van der Waals surface area (Å²) in [6.07, 6.45) is 2.87. The lowest BCUT2D eigenvalue weighted by molar-refractivity contribution is -0.127. The topological polar surface area (TPSA) is 136 Å². The molecular formula is C24H29N5O6S. The van der Waals surface area contributed by atoms with Crippen molar-refractivity contribution < 1.29 is 24.2 Å². The fourth-order valence-corrected chi connectivity index (χ4v) is 4.69. The minimum Gasteiger partial charge on any atom is -0.477 e. The van der Waals surface area contributed by atoms with Crippen molar-refractivity contribution in [3.63, 3.8) is 0 Å². The van der Waals surface area contributed by atoms with Crippen LogP contribution < -0.4 is 15.6 Å². The van der Waals surface area contributed by atoms with Crippen molar-refractivity contribution in [2.45, 2.75) is 26.8 Å². The fourth-order valence-electron chi connectivity index (χ4n) is 4.07. The van der Waals surface area contributed by atoms with Gasteiger partial charge in [-0.25, -0.2) is 14.8 Å². The molecule has 0 unspecified atom stereocenters. The van der Waals surface area contributed by atoms with Gasteiger partial charge in [0.15, 0.2) is 10.8 Å². The van der Waals surface area contributed by atoms with E-state index in [-0.39, 0.29) is 28.8 Å². The number of aryl methyl sites for hydroxylation is 1. The molecule has 1 aliphatic heterocycles. The number of pyridine rings is 2. The van der Waals surface area contributed by atoms with Crippen LogP contribution in [0, 0.1) is 12.8 Å². The Kier molecular flexibility index (Phi) is 7.97. The van der Waals surface area contributed by atoms with E-state index in [1.807, 2.05) is 18.7 Å². The van der Waals surface area contributed by atoms with Crippen LogP contribution in [0.2, 0.25) is 0 Å². The monoisotopic (exact) mass is 515 g/mol. The maximum atomic E-state index is 12.9. The van der Waals surface area contributed by atoms with Crippen molar-refractivity contribution in [3.8, 4) is 5.13 Å². The second-order valence-electron chi connectivity index (χ2n) is 8.48. The standard InChI is InChI=1S/C24H29N5O6S/c1-4-34-12-16(13-35-5-2)26-22(31)15-9-28(10-15)18-8-14(3)19-20(30)17(23(32)33)11-29(21(19)27-18)24-25-6-7-36-24/h6-8,11,15-16H,4-5,9-10,12-13H2,1-3H3,(H,26,31)(H,32,33). The average Bonchev–Trinajstić information content (AvgIpc) is 3.34. The molecule has 11 nitrogen and oxygen atoms in total. The first-order chi connectivity index (χ1) is 17.3. The van der Waals surface area contributed by atoms with Crippen molar-refractivity contribution in [2.24, 2.45) is 5.92 Å². The molecule has 1 fully saturated rings. The van der Waals surface area contributed by atoms with E-state index < -0.39 is 11.4 Å². The minimum atomic E-state index is -1.31. The predicted octanol–water partition coefficient (Wildman–Crippen LogP) is 1.84. The van der Waals surface area contributed by atoms with E-state index in [9.17, 15) is 19.5 Å². The van der Waals surface area contributed by atoms with Gasteiger partial charge in [0, 0.05) is 44.1 Å². The largest absolute Gasteiger partial charge is 0.477 e. The van der Waals surface area contributed by atoms with Crippen molar-refractivity contribution in [2.75, 3.05) is 44.4 Å². The smallest absolute Gasteiger partial charge is 0.341 e. The van der Waals surface area contributed by atoms with Crippen LogP contribution in [-0.4, -0.2) is 77.1 Å². The van der Waals surface area contributed by atoms with Crippen molar-refractivity contribution >= 4 is 40.1 Å². The zero-order chi connectivity index (χ0) is 25.8. The number of hydrogen-bond acceptors (Lipinski definition) is 9. The van der Waals surface area contributed by atoms with E-state index >= 15 is 0 Å². The molecule has 0 bridgehead atoms. The van der Waals surface area contributed by atoms with E-state index in [0.717, 1.165) is 0 Å². The van der Waals surface area contributed by atoms with Gasteiger partial charge in [-0.1, -0.05) is 0 Å². The van der Waals surface area contributed by atoms with Crippen LogP contribution in [0.25, 0.3) is 16.2 Å². The molecule has 3 aromatic heterocycles. The highest BCUT2D eigenvalue weighted by molar-refractivity contribution is 7.12. The number of fused-ring (bicyclic) bond motifs is 1. The van der Waals surface area contributed by atoms with E-state index in [1.165, 1.54) is 22.1 Å². The lowest BCUT2D eigenvalue weighted by atomic mass is 9.98. The Balaban J connectivity index is 1.57. The van der Waals surface area contributed by atoms with Gasteiger partial charge < -0.3 is 24.8 Å². The first-order valence-corrected chi connectivity index (χ1v) is 12.6. The average molecular weight is 516 g/mol. The molecule has 1 amide bonds. The lowest BCUT2D eigenvalue weighted by Crippen LogP contribution is -2.56. The quantitative estimate of drug-likeness (QED) is 0.392. The number of carbonyl (C=O) groups is 2. The second-order valence-corrected chi connectivity index (χ2v) is 9.36. The summed E-state index contributed by atoms with van der Waals surface area (Å²) < 4.78 is 12.5. The molecule has 192 valence electrons. The van der Waals surface area contributed by atoms with E-state index in [1.54, 1.807) is 24.6 Å². The summed E-state index contributed by atoms with van der Waals surface area (Å²) in [6.45, 7) is 8.38. The number of carbonyl (C=O) groups excluding carboxylic acids is 1. The van der Waals surface area contributed by atoms with Crippen molar-refractivity contribution in [1.82, 2.24) is 19.9 Å². The molecule has 0 spiro atoms. The van der Waals surface area contributed by atoms with E-state index in [2.05, 4.69) is 10.3 Å². The van der Waals surface area contributed by atoms with Crippen molar-refractivity contribution in [3.05, 3.63) is 45.2 Å². The minimum absolute atomic E-state index is 0.0704. The molecule has 0 aromatic carbocycles. The molecule has 12 heteroatoms. The number of nitrogens with one attached hydrogen (secondary N) is 1. The van der Waals surface area contributed by atoms with Gasteiger partial charge in [0.1, 0.15) is 11.4 Å². The predicted molar refractivity (Wildman–Crippen MR) is 135 cm³/mol. The molecular weight excluding hydrogens is 486 g/mol. The molecule has 1 saturated heterocycles. The first kappa shape index (κ1) is 25.7. The molecule has 36 heavy (non-hydrogen) atoms. The Labute approximate surface area is 211 Å². The normalized spacial score (nSPS) is 13.8. The highest BCUT2D eigenvalue weighted by Crippen LogP contribution is 2.28. The molecule has 3 aromatic rings. The number of hydrogen-bond donors (Lipinski definition) is 2. The van der Waals surface area contributed by atoms with E-state index in [0.29, 0.717) is 61.7 Å². The van der Waals surface area contributed by atoms with E-state index in [4.69, 9.17) is 14.5 Å². The van der Waals surface area contributed by atoms with Crippen LogP contribution in [0.15, 0.2) is 28.6 Å². The number of carboxylic acid groups (broad SMARTS) is 1. The summed E-state index contributed by atoms with van der Waals surface area (Å²) in [5.41, 5.74) is 0.00759. The Morgan fingerprint density at radius 1 is 1.25 bits per heavy atom. The molecule has 4 rings (SSSR count). The summed E-state index contributed by atoms with van der Waals surface area (Å²) in [5.74, 6) is -0.987. The maximum Gasteiger partial charge on any atom is 0.341 e. The third-order valence-corrected chi connectivity index (χ3v) is 6.74. The van der Waals surface area contributed by atoms with Gasteiger partial charge in [-0.05, 0) is 32.4 Å². The Bertz CT molecular complexity index is 1290. The van der Waals surface area contributed by atoms with Crippen LogP contribution in [0.3, 0.4) is 0 Å². The number of nitrogens with zero attached hydrogens (tertiary/aromatic N) is 4. The lowest BCUT2D eigenvalue weighted by Gasteiger charge is -2.40. The van der Waals surface area contributed by atoms with Gasteiger partial charge >= 0.3 is 5.97 Å². The Morgan fingerprint density at radius 2 is 1.94 bits per heavy atom. The maximum absolute atomic E-state index is 12.9. The van der Waals surface area contributed by atoms with Crippen molar-refractivity contribution in [1.29, 1.82) is 0 Å². The summed E-state index contributed by atoms with van der Waals surface area (Å²) in [4.78, 5) is 48.4. The fraction of sp³-hybridized carbons (Fsp3) is 0.458. The third kappa shape index (κ3) is 5.25. The summed E-state index contributed by atoms with van der Waals surface area (Å²) in [7, 11) is 0. The van der Waals surface area contributed by atoms with Crippen LogP contribution in [0.1, 0.15) is 29.8 Å². The Morgan fingerprint density at radius 3 is 2.53 bits per heavy atom. The molecule has 0 saturated carbocycles. The molecule has 1 aliphatic rings. The summed E-state index contributed by atoms with van der Waals surface area (Å²) in [5, 5.41) is 15.1. The van der Waals surface area contributed by atoms with Crippen LogP contribution >= 0.6 is 11.3 Å². The van der Waals surface area contributed by atoms with Gasteiger partial charge in [0.05, 0.1) is 30.6 Å². The number of ether oxygens (including phenoxy) is 2. The number of amides is 1. The highest BCUT2D eigenvalue weighted by atomic mass is 32.1. The zero-order valence-electron chi connectivity index (χ0n) is 20.4. The zero-order valence-corrected chi connectivity index (χ0v) is 21.2. The number of aromatic carboxylic acids is 1. The number of rotatable bonds is 11. The molecule has 2 N–H and O–H groups in total. The van der Waals surface area contributed by atoms with Crippen LogP contribution in [-0.2, 0) is 14.3 Å². The van der Waals surface area contributed by atoms with Gasteiger partial charge in [0.2, 0.25) is 11.3 Å². The van der Waals surface area contributed by atoms with Gasteiger partial charge in [-0.3, -0.25) is 14.2 Å². The third-order valence-electron chi connectivity index (χ3n) is 5.97. The highest BCUT2D eigenvalue weighted by Gasteiger charge is 2.35. The van der Waals surface area contributed by atoms with Gasteiger partial charge in [-0.2, -0.15) is 0 Å². The van der Waals surface area contributed by atoms with Crippen LogP contribution in [0.5, 0.6) is 0 Å². The van der Waals surface area contributed by atoms with Crippen LogP contribution in [0.4, 0.5) is 5.82 Å². The molecule has 0 aliphatic carbocycles. The van der Waals surface area contributed by atoms with Gasteiger partial charge in [-0.15, -0.1) is 11.3 Å².